The number of fused-ring (bicyclic) bond motifs is 1. The molecule has 1 N–H and O–H groups in total. The number of rotatable bonds is 5. The third-order valence-electron chi connectivity index (χ3n) is 3.88. The first-order valence-electron chi connectivity index (χ1n) is 7.52. The maximum atomic E-state index is 4.45. The summed E-state index contributed by atoms with van der Waals surface area (Å²) in [6, 6.07) is 6.56. The van der Waals surface area contributed by atoms with Gasteiger partial charge in [0.2, 0.25) is 0 Å². The highest BCUT2D eigenvalue weighted by Gasteiger charge is 2.19. The largest absolute Gasteiger partial charge is 0.362 e. The fourth-order valence-electron chi connectivity index (χ4n) is 2.76. The van der Waals surface area contributed by atoms with Crippen LogP contribution in [0.15, 0.2) is 35.1 Å². The van der Waals surface area contributed by atoms with Crippen molar-refractivity contribution in [3.05, 3.63) is 46.5 Å². The molecule has 112 valence electrons. The van der Waals surface area contributed by atoms with Gasteiger partial charge in [0.15, 0.2) is 0 Å². The molecule has 0 fully saturated rings. The molecule has 0 radical (unpaired) electrons. The molecular formula is C16H21BrN4. The van der Waals surface area contributed by atoms with E-state index < -0.39 is 0 Å². The molecule has 5 heteroatoms. The summed E-state index contributed by atoms with van der Waals surface area (Å²) in [6.45, 7) is 7.08. The quantitative estimate of drug-likeness (QED) is 0.842. The van der Waals surface area contributed by atoms with E-state index in [-0.39, 0.29) is 0 Å². The van der Waals surface area contributed by atoms with Gasteiger partial charge in [0, 0.05) is 42.2 Å². The van der Waals surface area contributed by atoms with Crippen molar-refractivity contribution >= 4 is 21.6 Å². The molecule has 1 aromatic heterocycles. The van der Waals surface area contributed by atoms with Crippen LogP contribution < -0.4 is 10.2 Å². The number of nitrogens with one attached hydrogen (secondary N) is 1. The van der Waals surface area contributed by atoms with E-state index in [0.29, 0.717) is 0 Å². The van der Waals surface area contributed by atoms with E-state index in [1.54, 1.807) is 0 Å². The molecule has 2 heterocycles. The van der Waals surface area contributed by atoms with E-state index in [2.05, 4.69) is 67.0 Å². The summed E-state index contributed by atoms with van der Waals surface area (Å²) in [4.78, 5) is 6.88. The first-order chi connectivity index (χ1) is 10.3. The molecule has 1 aliphatic heterocycles. The van der Waals surface area contributed by atoms with Crippen LogP contribution in [0.3, 0.4) is 0 Å². The van der Waals surface area contributed by atoms with Gasteiger partial charge in [-0.25, -0.2) is 4.98 Å². The Labute approximate surface area is 134 Å². The smallest absolute Gasteiger partial charge is 0.128 e. The number of nitrogens with zero attached hydrogens (tertiary/aromatic N) is 3. The predicted octanol–water partition coefficient (Wildman–Crippen LogP) is 3.17. The van der Waals surface area contributed by atoms with Crippen LogP contribution in [-0.4, -0.2) is 22.6 Å². The van der Waals surface area contributed by atoms with Crippen molar-refractivity contribution in [3.8, 4) is 0 Å². The second-order valence-corrected chi connectivity index (χ2v) is 6.32. The van der Waals surface area contributed by atoms with Crippen LogP contribution in [0.2, 0.25) is 0 Å². The molecule has 1 aromatic carbocycles. The minimum Gasteiger partial charge on any atom is -0.362 e. The fraction of sp³-hybridized carbons (Fsp3) is 0.438. The fourth-order valence-corrected chi connectivity index (χ4v) is 3.11. The zero-order valence-corrected chi connectivity index (χ0v) is 13.9. The Balaban J connectivity index is 1.82. The van der Waals surface area contributed by atoms with Gasteiger partial charge in [0.1, 0.15) is 5.82 Å². The average molecular weight is 349 g/mol. The maximum Gasteiger partial charge on any atom is 0.128 e. The Morgan fingerprint density at radius 1 is 1.33 bits per heavy atom. The van der Waals surface area contributed by atoms with Crippen LogP contribution in [0.5, 0.6) is 0 Å². The topological polar surface area (TPSA) is 33.1 Å². The van der Waals surface area contributed by atoms with Crippen molar-refractivity contribution in [2.45, 2.75) is 33.0 Å². The second kappa shape index (κ2) is 6.62. The Morgan fingerprint density at radius 2 is 2.24 bits per heavy atom. The molecule has 0 unspecified atom stereocenters. The summed E-state index contributed by atoms with van der Waals surface area (Å²) >= 11 is 3.60. The van der Waals surface area contributed by atoms with Crippen molar-refractivity contribution in [3.63, 3.8) is 0 Å². The minimum absolute atomic E-state index is 0.879. The SMILES string of the molecule is CCCNCc1ccc(Br)cc1N1CCn2ccnc2C1. The monoisotopic (exact) mass is 348 g/mol. The van der Waals surface area contributed by atoms with E-state index in [1.807, 2.05) is 6.20 Å². The molecule has 0 saturated carbocycles. The van der Waals surface area contributed by atoms with Crippen molar-refractivity contribution < 1.29 is 0 Å². The molecular weight excluding hydrogens is 328 g/mol. The van der Waals surface area contributed by atoms with Crippen LogP contribution in [0.25, 0.3) is 0 Å². The van der Waals surface area contributed by atoms with Gasteiger partial charge in [0.25, 0.3) is 0 Å². The Bertz CT molecular complexity index is 608. The van der Waals surface area contributed by atoms with Gasteiger partial charge >= 0.3 is 0 Å². The molecule has 0 amide bonds. The predicted molar refractivity (Wildman–Crippen MR) is 89.4 cm³/mol. The van der Waals surface area contributed by atoms with Gasteiger partial charge in [0.05, 0.1) is 6.54 Å². The Kier molecular flexibility index (Phi) is 4.60. The third-order valence-corrected chi connectivity index (χ3v) is 4.37. The lowest BCUT2D eigenvalue weighted by Crippen LogP contribution is -2.34. The lowest BCUT2D eigenvalue weighted by Gasteiger charge is -2.31. The molecule has 21 heavy (non-hydrogen) atoms. The molecule has 0 aliphatic carbocycles. The number of aromatic nitrogens is 2. The van der Waals surface area contributed by atoms with Crippen molar-refractivity contribution in [1.82, 2.24) is 14.9 Å². The van der Waals surface area contributed by atoms with Crippen LogP contribution in [0.4, 0.5) is 5.69 Å². The van der Waals surface area contributed by atoms with Crippen LogP contribution in [-0.2, 0) is 19.6 Å². The molecule has 0 atom stereocenters. The zero-order chi connectivity index (χ0) is 14.7. The molecule has 0 saturated heterocycles. The maximum absolute atomic E-state index is 4.45. The normalized spacial score (nSPS) is 14.3. The first kappa shape index (κ1) is 14.6. The van der Waals surface area contributed by atoms with E-state index in [4.69, 9.17) is 0 Å². The highest BCUT2D eigenvalue weighted by Crippen LogP contribution is 2.28. The lowest BCUT2D eigenvalue weighted by molar-refractivity contribution is 0.557. The molecule has 4 nitrogen and oxygen atoms in total. The van der Waals surface area contributed by atoms with Crippen molar-refractivity contribution in [1.29, 1.82) is 0 Å². The van der Waals surface area contributed by atoms with E-state index in [9.17, 15) is 0 Å². The van der Waals surface area contributed by atoms with Gasteiger partial charge in [-0.15, -0.1) is 0 Å². The molecule has 0 bridgehead atoms. The van der Waals surface area contributed by atoms with Crippen LogP contribution >= 0.6 is 15.9 Å². The van der Waals surface area contributed by atoms with Crippen LogP contribution in [0, 0.1) is 0 Å². The summed E-state index contributed by atoms with van der Waals surface area (Å²) in [7, 11) is 0. The second-order valence-electron chi connectivity index (χ2n) is 5.41. The van der Waals surface area contributed by atoms with E-state index >= 15 is 0 Å². The molecule has 1 aliphatic rings. The number of imidazole rings is 1. The summed E-state index contributed by atoms with van der Waals surface area (Å²) in [5.74, 6) is 1.15. The van der Waals surface area contributed by atoms with Gasteiger partial charge < -0.3 is 14.8 Å². The summed E-state index contributed by atoms with van der Waals surface area (Å²) in [5.41, 5.74) is 2.66. The first-order valence-corrected chi connectivity index (χ1v) is 8.31. The van der Waals surface area contributed by atoms with E-state index in [0.717, 1.165) is 49.4 Å². The number of benzene rings is 1. The number of halogens is 1. The minimum atomic E-state index is 0.879. The highest BCUT2D eigenvalue weighted by atomic mass is 79.9. The Hall–Kier alpha value is -1.33. The Morgan fingerprint density at radius 3 is 3.10 bits per heavy atom. The van der Waals surface area contributed by atoms with Gasteiger partial charge in [-0.1, -0.05) is 28.9 Å². The number of hydrogen-bond acceptors (Lipinski definition) is 3. The summed E-state index contributed by atoms with van der Waals surface area (Å²) in [6.07, 6.45) is 5.12. The van der Waals surface area contributed by atoms with Crippen molar-refractivity contribution in [2.75, 3.05) is 18.0 Å². The number of anilines is 1. The standard InChI is InChI=1S/C16H21BrN4/c1-2-5-18-11-13-3-4-14(17)10-15(13)21-9-8-20-7-6-19-16(20)12-21/h3-4,6-7,10,18H,2,5,8-9,11-12H2,1H3. The third kappa shape index (κ3) is 3.30. The molecule has 3 rings (SSSR count). The van der Waals surface area contributed by atoms with Gasteiger partial charge in [-0.05, 0) is 30.7 Å². The lowest BCUT2D eigenvalue weighted by atomic mass is 10.1. The number of hydrogen-bond donors (Lipinski definition) is 1. The molecule has 2 aromatic rings. The molecule has 0 spiro atoms. The van der Waals surface area contributed by atoms with Crippen molar-refractivity contribution in [2.24, 2.45) is 0 Å². The van der Waals surface area contributed by atoms with Gasteiger partial charge in [-0.3, -0.25) is 0 Å². The van der Waals surface area contributed by atoms with Crippen LogP contribution in [0.1, 0.15) is 24.7 Å². The van der Waals surface area contributed by atoms with Gasteiger partial charge in [-0.2, -0.15) is 0 Å². The summed E-state index contributed by atoms with van der Waals surface area (Å²) < 4.78 is 3.37. The zero-order valence-electron chi connectivity index (χ0n) is 12.3. The average Bonchev–Trinajstić information content (AvgIpc) is 2.96. The van der Waals surface area contributed by atoms with E-state index in [1.165, 1.54) is 11.3 Å². The highest BCUT2D eigenvalue weighted by molar-refractivity contribution is 9.10. The summed E-state index contributed by atoms with van der Waals surface area (Å²) in [5, 5.41) is 3.50.